The van der Waals surface area contributed by atoms with Gasteiger partial charge in [-0.25, -0.2) is 9.78 Å². The standard InChI is InChI=1S/C14H9Cl4N3O2/c1-6-5-9(16)20-12(18)10(6)13(22)21-14(23)19-8-4-2-3-7(15)11(8)17/h2-5H,1H3,(H2,19,21,22,23). The number of nitrogens with zero attached hydrogens (tertiary/aromatic N) is 1. The van der Waals surface area contributed by atoms with Gasteiger partial charge in [0.15, 0.2) is 0 Å². The van der Waals surface area contributed by atoms with Crippen LogP contribution in [0.3, 0.4) is 0 Å². The summed E-state index contributed by atoms with van der Waals surface area (Å²) in [5.41, 5.74) is 0.811. The molecule has 2 aromatic rings. The molecule has 0 atom stereocenters. The minimum Gasteiger partial charge on any atom is -0.306 e. The number of urea groups is 1. The van der Waals surface area contributed by atoms with Crippen LogP contribution in [0.1, 0.15) is 15.9 Å². The van der Waals surface area contributed by atoms with E-state index < -0.39 is 11.9 Å². The van der Waals surface area contributed by atoms with E-state index >= 15 is 0 Å². The van der Waals surface area contributed by atoms with Crippen molar-refractivity contribution in [2.24, 2.45) is 0 Å². The van der Waals surface area contributed by atoms with Crippen LogP contribution in [0.2, 0.25) is 20.4 Å². The molecule has 0 aliphatic carbocycles. The number of imide groups is 1. The van der Waals surface area contributed by atoms with Gasteiger partial charge in [0.2, 0.25) is 0 Å². The number of aryl methyl sites for hydroxylation is 1. The summed E-state index contributed by atoms with van der Waals surface area (Å²) in [7, 11) is 0. The normalized spacial score (nSPS) is 10.3. The first kappa shape index (κ1) is 17.8. The second kappa shape index (κ2) is 7.36. The van der Waals surface area contributed by atoms with Gasteiger partial charge in [-0.15, -0.1) is 0 Å². The fraction of sp³-hybridized carbons (Fsp3) is 0.0714. The maximum absolute atomic E-state index is 12.2. The summed E-state index contributed by atoms with van der Waals surface area (Å²) in [6, 6.07) is 5.40. The van der Waals surface area contributed by atoms with Gasteiger partial charge < -0.3 is 5.32 Å². The van der Waals surface area contributed by atoms with Crippen molar-refractivity contribution in [1.29, 1.82) is 0 Å². The Morgan fingerprint density at radius 1 is 1.13 bits per heavy atom. The van der Waals surface area contributed by atoms with Gasteiger partial charge in [-0.3, -0.25) is 10.1 Å². The number of benzene rings is 1. The van der Waals surface area contributed by atoms with Crippen LogP contribution in [0.15, 0.2) is 24.3 Å². The first-order valence-corrected chi connectivity index (χ1v) is 7.69. The zero-order chi connectivity index (χ0) is 17.1. The first-order chi connectivity index (χ1) is 10.8. The zero-order valence-electron chi connectivity index (χ0n) is 11.6. The Balaban J connectivity index is 2.15. The van der Waals surface area contributed by atoms with E-state index in [4.69, 9.17) is 46.4 Å². The van der Waals surface area contributed by atoms with Gasteiger partial charge in [0.25, 0.3) is 5.91 Å². The fourth-order valence-electron chi connectivity index (χ4n) is 1.79. The molecule has 2 N–H and O–H groups in total. The largest absolute Gasteiger partial charge is 0.326 e. The number of amides is 3. The lowest BCUT2D eigenvalue weighted by Crippen LogP contribution is -2.35. The van der Waals surface area contributed by atoms with E-state index in [1.165, 1.54) is 6.07 Å². The Bertz CT molecular complexity index is 773. The number of hydrogen-bond donors (Lipinski definition) is 2. The molecule has 0 unspecified atom stereocenters. The van der Waals surface area contributed by atoms with Crippen LogP contribution in [-0.2, 0) is 0 Å². The molecule has 1 aromatic carbocycles. The fourth-order valence-corrected chi connectivity index (χ4v) is 2.75. The molecule has 9 heteroatoms. The van der Waals surface area contributed by atoms with Crippen molar-refractivity contribution < 1.29 is 9.59 Å². The molecule has 1 heterocycles. The maximum Gasteiger partial charge on any atom is 0.326 e. The smallest absolute Gasteiger partial charge is 0.306 e. The second-order valence-corrected chi connectivity index (χ2v) is 5.97. The number of rotatable bonds is 2. The summed E-state index contributed by atoms with van der Waals surface area (Å²) >= 11 is 23.4. The third kappa shape index (κ3) is 4.26. The molecule has 0 bridgehead atoms. The molecule has 23 heavy (non-hydrogen) atoms. The van der Waals surface area contributed by atoms with Gasteiger partial charge >= 0.3 is 6.03 Å². The summed E-state index contributed by atoms with van der Waals surface area (Å²) in [6.07, 6.45) is 0. The van der Waals surface area contributed by atoms with Crippen LogP contribution in [0.4, 0.5) is 10.5 Å². The average Bonchev–Trinajstić information content (AvgIpc) is 2.42. The highest BCUT2D eigenvalue weighted by Gasteiger charge is 2.18. The highest BCUT2D eigenvalue weighted by molar-refractivity contribution is 6.44. The predicted octanol–water partition coefficient (Wildman–Crippen LogP) is 4.97. The van der Waals surface area contributed by atoms with Gasteiger partial charge in [0, 0.05) is 0 Å². The van der Waals surface area contributed by atoms with Crippen molar-refractivity contribution in [3.63, 3.8) is 0 Å². The number of halogens is 4. The number of carbonyl (C=O) groups excluding carboxylic acids is 2. The van der Waals surface area contributed by atoms with Gasteiger partial charge in [0.1, 0.15) is 10.3 Å². The summed E-state index contributed by atoms with van der Waals surface area (Å²) in [4.78, 5) is 27.8. The van der Waals surface area contributed by atoms with E-state index in [1.54, 1.807) is 25.1 Å². The van der Waals surface area contributed by atoms with Crippen molar-refractivity contribution in [3.8, 4) is 0 Å². The molecule has 2 rings (SSSR count). The average molecular weight is 393 g/mol. The van der Waals surface area contributed by atoms with Crippen molar-refractivity contribution in [1.82, 2.24) is 10.3 Å². The lowest BCUT2D eigenvalue weighted by Gasteiger charge is -2.11. The molecule has 0 aliphatic heterocycles. The monoisotopic (exact) mass is 391 g/mol. The van der Waals surface area contributed by atoms with E-state index in [-0.39, 0.29) is 31.6 Å². The van der Waals surface area contributed by atoms with Crippen molar-refractivity contribution in [3.05, 3.63) is 55.7 Å². The Kier molecular flexibility index (Phi) is 5.70. The minimum absolute atomic E-state index is 0.0587. The molecular formula is C14H9Cl4N3O2. The number of nitrogens with one attached hydrogen (secondary N) is 2. The minimum atomic E-state index is -0.787. The van der Waals surface area contributed by atoms with E-state index in [0.717, 1.165) is 0 Å². The van der Waals surface area contributed by atoms with Gasteiger partial charge in [-0.2, -0.15) is 0 Å². The third-order valence-corrected chi connectivity index (χ3v) is 4.08. The van der Waals surface area contributed by atoms with E-state index in [9.17, 15) is 9.59 Å². The third-order valence-electron chi connectivity index (χ3n) is 2.80. The second-order valence-electron chi connectivity index (χ2n) is 4.44. The zero-order valence-corrected chi connectivity index (χ0v) is 14.6. The molecule has 0 spiro atoms. The number of carbonyl (C=O) groups is 2. The molecule has 120 valence electrons. The predicted molar refractivity (Wildman–Crippen MR) is 91.9 cm³/mol. The SMILES string of the molecule is Cc1cc(Cl)nc(Cl)c1C(=O)NC(=O)Nc1cccc(Cl)c1Cl. The van der Waals surface area contributed by atoms with Crippen LogP contribution in [0.5, 0.6) is 0 Å². The van der Waals surface area contributed by atoms with Crippen LogP contribution in [-0.4, -0.2) is 16.9 Å². The Hall–Kier alpha value is -1.53. The quantitative estimate of drug-likeness (QED) is 0.709. The van der Waals surface area contributed by atoms with E-state index in [0.29, 0.717) is 5.56 Å². The Morgan fingerprint density at radius 2 is 1.83 bits per heavy atom. The van der Waals surface area contributed by atoms with Gasteiger partial charge in [0.05, 0.1) is 21.3 Å². The Labute approximate surface area is 151 Å². The molecule has 5 nitrogen and oxygen atoms in total. The summed E-state index contributed by atoms with van der Waals surface area (Å²) in [5, 5.41) is 5.06. The molecule has 0 saturated heterocycles. The van der Waals surface area contributed by atoms with Gasteiger partial charge in [-0.05, 0) is 30.7 Å². The first-order valence-electron chi connectivity index (χ1n) is 6.18. The van der Waals surface area contributed by atoms with Crippen LogP contribution in [0.25, 0.3) is 0 Å². The summed E-state index contributed by atoms with van der Waals surface area (Å²) in [5.74, 6) is -0.715. The van der Waals surface area contributed by atoms with Gasteiger partial charge in [-0.1, -0.05) is 52.5 Å². The van der Waals surface area contributed by atoms with Crippen LogP contribution >= 0.6 is 46.4 Å². The number of aromatic nitrogens is 1. The van der Waals surface area contributed by atoms with Crippen molar-refractivity contribution in [2.45, 2.75) is 6.92 Å². The highest BCUT2D eigenvalue weighted by Crippen LogP contribution is 2.29. The maximum atomic E-state index is 12.2. The van der Waals surface area contributed by atoms with Crippen molar-refractivity contribution in [2.75, 3.05) is 5.32 Å². The lowest BCUT2D eigenvalue weighted by atomic mass is 10.1. The molecule has 3 amide bonds. The number of anilines is 1. The molecule has 0 fully saturated rings. The summed E-state index contributed by atoms with van der Waals surface area (Å²) in [6.45, 7) is 1.63. The lowest BCUT2D eigenvalue weighted by molar-refractivity contribution is 0.0966. The molecule has 1 aromatic heterocycles. The molecule has 0 saturated carbocycles. The van der Waals surface area contributed by atoms with Crippen LogP contribution < -0.4 is 10.6 Å². The molecular weight excluding hydrogens is 384 g/mol. The highest BCUT2D eigenvalue weighted by atomic mass is 35.5. The summed E-state index contributed by atoms with van der Waals surface area (Å²) < 4.78 is 0. The molecule has 0 aliphatic rings. The van der Waals surface area contributed by atoms with E-state index in [1.807, 2.05) is 0 Å². The van der Waals surface area contributed by atoms with E-state index in [2.05, 4.69) is 15.6 Å². The number of pyridine rings is 1. The van der Waals surface area contributed by atoms with Crippen LogP contribution in [0, 0.1) is 6.92 Å². The molecule has 0 radical (unpaired) electrons. The topological polar surface area (TPSA) is 71.1 Å². The number of hydrogen-bond acceptors (Lipinski definition) is 3. The Morgan fingerprint density at radius 3 is 2.48 bits per heavy atom. The van der Waals surface area contributed by atoms with Crippen molar-refractivity contribution >= 4 is 64.0 Å².